The Hall–Kier alpha value is -1.83. The van der Waals surface area contributed by atoms with Gasteiger partial charge in [0.15, 0.2) is 0 Å². The average Bonchev–Trinajstić information content (AvgIpc) is 3.03. The highest BCUT2D eigenvalue weighted by Gasteiger charge is 2.16. The van der Waals surface area contributed by atoms with Gasteiger partial charge in [0, 0.05) is 25.1 Å². The van der Waals surface area contributed by atoms with Gasteiger partial charge >= 0.3 is 0 Å². The molecule has 0 bridgehead atoms. The second kappa shape index (κ2) is 8.46. The molecule has 0 aliphatic carbocycles. The lowest BCUT2D eigenvalue weighted by atomic mass is 10.1. The standard InChI is InChI=1S/C17H21NO3/c19-10-2-6-14-4-1-5-15(12-14)13-18-17(20)9-8-16-7-3-11-21-16/h1,4-5,12,16,19H,3,7-11,13H2,(H,18,20). The summed E-state index contributed by atoms with van der Waals surface area (Å²) in [4.78, 5) is 11.8. The number of carbonyl (C=O) groups is 1. The lowest BCUT2D eigenvalue weighted by molar-refractivity contribution is -0.121. The van der Waals surface area contributed by atoms with Crippen molar-refractivity contribution in [2.75, 3.05) is 13.2 Å². The SMILES string of the molecule is O=C(CCC1CCCO1)NCc1cccc(C#CCO)c1. The Morgan fingerprint density at radius 2 is 2.38 bits per heavy atom. The van der Waals surface area contributed by atoms with E-state index in [1.165, 1.54) is 0 Å². The van der Waals surface area contributed by atoms with Crippen LogP contribution in [0, 0.1) is 11.8 Å². The molecule has 0 radical (unpaired) electrons. The summed E-state index contributed by atoms with van der Waals surface area (Å²) in [5.74, 6) is 5.52. The second-order valence-electron chi connectivity index (χ2n) is 5.11. The summed E-state index contributed by atoms with van der Waals surface area (Å²) in [6, 6.07) is 7.65. The van der Waals surface area contributed by atoms with Gasteiger partial charge in [-0.25, -0.2) is 0 Å². The summed E-state index contributed by atoms with van der Waals surface area (Å²) < 4.78 is 5.50. The average molecular weight is 287 g/mol. The molecule has 1 unspecified atom stereocenters. The molecule has 112 valence electrons. The van der Waals surface area contributed by atoms with Gasteiger partial charge in [0.1, 0.15) is 6.61 Å². The van der Waals surface area contributed by atoms with Crippen molar-refractivity contribution in [1.82, 2.24) is 5.32 Å². The summed E-state index contributed by atoms with van der Waals surface area (Å²) >= 11 is 0. The molecule has 1 saturated heterocycles. The predicted octanol–water partition coefficient (Wildman–Crippen LogP) is 1.61. The maximum absolute atomic E-state index is 11.8. The molecule has 2 rings (SSSR count). The molecule has 4 heteroatoms. The highest BCUT2D eigenvalue weighted by atomic mass is 16.5. The molecule has 0 saturated carbocycles. The molecule has 1 atom stereocenters. The van der Waals surface area contributed by atoms with Crippen LogP contribution in [0.1, 0.15) is 36.8 Å². The van der Waals surface area contributed by atoms with E-state index >= 15 is 0 Å². The first kappa shape index (κ1) is 15.6. The van der Waals surface area contributed by atoms with Gasteiger partial charge < -0.3 is 15.2 Å². The van der Waals surface area contributed by atoms with Gasteiger partial charge in [-0.05, 0) is 37.0 Å². The van der Waals surface area contributed by atoms with Crippen LogP contribution in [0.15, 0.2) is 24.3 Å². The quantitative estimate of drug-likeness (QED) is 0.809. The van der Waals surface area contributed by atoms with Gasteiger partial charge in [-0.15, -0.1) is 0 Å². The van der Waals surface area contributed by atoms with E-state index in [0.29, 0.717) is 13.0 Å². The van der Waals surface area contributed by atoms with Crippen LogP contribution in [-0.4, -0.2) is 30.3 Å². The number of nitrogens with one attached hydrogen (secondary N) is 1. The topological polar surface area (TPSA) is 58.6 Å². The summed E-state index contributed by atoms with van der Waals surface area (Å²) in [5.41, 5.74) is 1.85. The zero-order chi connectivity index (χ0) is 14.9. The van der Waals surface area contributed by atoms with Crippen LogP contribution < -0.4 is 5.32 Å². The Balaban J connectivity index is 1.75. The largest absolute Gasteiger partial charge is 0.384 e. The van der Waals surface area contributed by atoms with E-state index in [1.54, 1.807) is 0 Å². The maximum Gasteiger partial charge on any atom is 0.220 e. The molecule has 4 nitrogen and oxygen atoms in total. The maximum atomic E-state index is 11.8. The Morgan fingerprint density at radius 1 is 1.48 bits per heavy atom. The Labute approximate surface area is 125 Å². The number of hydrogen-bond acceptors (Lipinski definition) is 3. The number of benzene rings is 1. The molecule has 1 aliphatic rings. The van der Waals surface area contributed by atoms with E-state index in [1.807, 2.05) is 24.3 Å². The van der Waals surface area contributed by atoms with Crippen molar-refractivity contribution in [3.63, 3.8) is 0 Å². The summed E-state index contributed by atoms with van der Waals surface area (Å²) in [5, 5.41) is 11.6. The van der Waals surface area contributed by atoms with Crippen LogP contribution in [0.3, 0.4) is 0 Å². The summed E-state index contributed by atoms with van der Waals surface area (Å²) in [6.07, 6.45) is 3.74. The first-order valence-electron chi connectivity index (χ1n) is 7.35. The van der Waals surface area contributed by atoms with E-state index in [-0.39, 0.29) is 18.6 Å². The first-order valence-corrected chi connectivity index (χ1v) is 7.35. The fourth-order valence-corrected chi connectivity index (χ4v) is 2.35. The van der Waals surface area contributed by atoms with Crippen molar-refractivity contribution in [3.8, 4) is 11.8 Å². The van der Waals surface area contributed by atoms with Gasteiger partial charge in [-0.1, -0.05) is 24.0 Å². The molecule has 1 heterocycles. The van der Waals surface area contributed by atoms with Crippen molar-refractivity contribution >= 4 is 5.91 Å². The van der Waals surface area contributed by atoms with Crippen molar-refractivity contribution in [2.45, 2.75) is 38.3 Å². The highest BCUT2D eigenvalue weighted by Crippen LogP contribution is 2.16. The molecule has 1 aliphatic heterocycles. The zero-order valence-electron chi connectivity index (χ0n) is 12.1. The van der Waals surface area contributed by atoms with Crippen LogP contribution >= 0.6 is 0 Å². The van der Waals surface area contributed by atoms with E-state index in [2.05, 4.69) is 17.2 Å². The molecular formula is C17H21NO3. The van der Waals surface area contributed by atoms with Gasteiger partial charge in [-0.3, -0.25) is 4.79 Å². The smallest absolute Gasteiger partial charge is 0.220 e. The van der Waals surface area contributed by atoms with Crippen LogP contribution in [0.25, 0.3) is 0 Å². The van der Waals surface area contributed by atoms with Gasteiger partial charge in [-0.2, -0.15) is 0 Å². The van der Waals surface area contributed by atoms with Crippen LogP contribution in [0.5, 0.6) is 0 Å². The Kier molecular flexibility index (Phi) is 6.26. The number of ether oxygens (including phenoxy) is 1. The first-order chi connectivity index (χ1) is 10.3. The number of aliphatic hydroxyl groups excluding tert-OH is 1. The fourth-order valence-electron chi connectivity index (χ4n) is 2.35. The van der Waals surface area contributed by atoms with Gasteiger partial charge in [0.05, 0.1) is 6.10 Å². The van der Waals surface area contributed by atoms with E-state index in [0.717, 1.165) is 37.0 Å². The third-order valence-corrected chi connectivity index (χ3v) is 3.45. The third kappa shape index (κ3) is 5.58. The van der Waals surface area contributed by atoms with Crippen molar-refractivity contribution in [3.05, 3.63) is 35.4 Å². The molecule has 0 spiro atoms. The Morgan fingerprint density at radius 3 is 3.14 bits per heavy atom. The monoisotopic (exact) mass is 287 g/mol. The van der Waals surface area contributed by atoms with Gasteiger partial charge in [0.25, 0.3) is 0 Å². The lowest BCUT2D eigenvalue weighted by Crippen LogP contribution is -2.23. The zero-order valence-corrected chi connectivity index (χ0v) is 12.1. The van der Waals surface area contributed by atoms with Crippen LogP contribution in [-0.2, 0) is 16.1 Å². The van der Waals surface area contributed by atoms with Crippen LogP contribution in [0.2, 0.25) is 0 Å². The number of carbonyl (C=O) groups excluding carboxylic acids is 1. The molecule has 1 fully saturated rings. The van der Waals surface area contributed by atoms with E-state index in [9.17, 15) is 4.79 Å². The third-order valence-electron chi connectivity index (χ3n) is 3.45. The molecule has 1 amide bonds. The highest BCUT2D eigenvalue weighted by molar-refractivity contribution is 5.75. The van der Waals surface area contributed by atoms with Crippen molar-refractivity contribution < 1.29 is 14.6 Å². The molecule has 1 aromatic carbocycles. The van der Waals surface area contributed by atoms with Crippen molar-refractivity contribution in [1.29, 1.82) is 0 Å². The van der Waals surface area contributed by atoms with E-state index in [4.69, 9.17) is 9.84 Å². The minimum absolute atomic E-state index is 0.0531. The molecule has 2 N–H and O–H groups in total. The molecule has 21 heavy (non-hydrogen) atoms. The number of amides is 1. The number of rotatable bonds is 5. The van der Waals surface area contributed by atoms with E-state index < -0.39 is 0 Å². The number of hydrogen-bond donors (Lipinski definition) is 2. The second-order valence-corrected chi connectivity index (χ2v) is 5.11. The fraction of sp³-hybridized carbons (Fsp3) is 0.471. The Bertz CT molecular complexity index is 524. The summed E-state index contributed by atoms with van der Waals surface area (Å²) in [6.45, 7) is 1.18. The molecule has 1 aromatic rings. The molecular weight excluding hydrogens is 266 g/mol. The predicted molar refractivity (Wildman–Crippen MR) is 80.5 cm³/mol. The van der Waals surface area contributed by atoms with Crippen LogP contribution in [0.4, 0.5) is 0 Å². The normalized spacial score (nSPS) is 17.1. The minimum atomic E-state index is -0.149. The molecule has 0 aromatic heterocycles. The number of aliphatic hydroxyl groups is 1. The summed E-state index contributed by atoms with van der Waals surface area (Å²) in [7, 11) is 0. The minimum Gasteiger partial charge on any atom is -0.384 e. The van der Waals surface area contributed by atoms with Gasteiger partial charge in [0.2, 0.25) is 5.91 Å². The lowest BCUT2D eigenvalue weighted by Gasteiger charge is -2.09. The van der Waals surface area contributed by atoms with Crippen molar-refractivity contribution in [2.24, 2.45) is 0 Å².